The molecule has 0 spiro atoms. The van der Waals surface area contributed by atoms with Crippen molar-refractivity contribution in [1.29, 1.82) is 0 Å². The summed E-state index contributed by atoms with van der Waals surface area (Å²) in [5.74, 6) is -0.252. The number of benzene rings is 1. The van der Waals surface area contributed by atoms with E-state index in [4.69, 9.17) is 0 Å². The molecule has 0 radical (unpaired) electrons. The molecule has 18 heavy (non-hydrogen) atoms. The van der Waals surface area contributed by atoms with Gasteiger partial charge in [-0.3, -0.25) is 4.79 Å². The van der Waals surface area contributed by atoms with Crippen molar-refractivity contribution in [2.45, 2.75) is 19.6 Å². The SMILES string of the molecule is CC(CBr)N(C)C(=O)c1cccc(OC(F)F)c1. The van der Waals surface area contributed by atoms with Gasteiger partial charge in [-0.25, -0.2) is 0 Å². The molecule has 6 heteroatoms. The van der Waals surface area contributed by atoms with Crippen molar-refractivity contribution in [2.24, 2.45) is 0 Å². The van der Waals surface area contributed by atoms with Crippen LogP contribution >= 0.6 is 15.9 Å². The Bertz CT molecular complexity index is 415. The van der Waals surface area contributed by atoms with Crippen molar-refractivity contribution in [3.05, 3.63) is 29.8 Å². The van der Waals surface area contributed by atoms with Crippen LogP contribution in [0.5, 0.6) is 5.75 Å². The number of alkyl halides is 3. The van der Waals surface area contributed by atoms with Gasteiger partial charge in [0.05, 0.1) is 0 Å². The second-order valence-electron chi connectivity index (χ2n) is 3.83. The molecule has 0 bridgehead atoms. The molecule has 0 aliphatic rings. The third-order valence-electron chi connectivity index (χ3n) is 2.51. The fourth-order valence-electron chi connectivity index (χ4n) is 1.31. The molecule has 0 heterocycles. The third-order valence-corrected chi connectivity index (χ3v) is 3.45. The first-order valence-electron chi connectivity index (χ1n) is 5.33. The highest BCUT2D eigenvalue weighted by Crippen LogP contribution is 2.17. The normalized spacial score (nSPS) is 12.3. The van der Waals surface area contributed by atoms with Crippen LogP contribution in [0.25, 0.3) is 0 Å². The van der Waals surface area contributed by atoms with E-state index >= 15 is 0 Å². The average Bonchev–Trinajstić information content (AvgIpc) is 2.35. The fraction of sp³-hybridized carbons (Fsp3) is 0.417. The molecule has 1 unspecified atom stereocenters. The van der Waals surface area contributed by atoms with E-state index in [1.165, 1.54) is 23.1 Å². The summed E-state index contributed by atoms with van der Waals surface area (Å²) in [6.45, 7) is -1.01. The largest absolute Gasteiger partial charge is 0.435 e. The molecule has 0 saturated heterocycles. The third kappa shape index (κ3) is 3.94. The number of rotatable bonds is 5. The molecule has 100 valence electrons. The van der Waals surface area contributed by atoms with Crippen LogP contribution < -0.4 is 4.74 Å². The average molecular weight is 322 g/mol. The van der Waals surface area contributed by atoms with Crippen molar-refractivity contribution in [1.82, 2.24) is 4.90 Å². The van der Waals surface area contributed by atoms with Gasteiger partial charge < -0.3 is 9.64 Å². The Kier molecular flexibility index (Phi) is 5.53. The van der Waals surface area contributed by atoms with Gasteiger partial charge in [0.1, 0.15) is 5.75 Å². The van der Waals surface area contributed by atoms with Crippen LogP contribution in [0.1, 0.15) is 17.3 Å². The van der Waals surface area contributed by atoms with Gasteiger partial charge in [-0.05, 0) is 25.1 Å². The van der Waals surface area contributed by atoms with Crippen LogP contribution in [0.2, 0.25) is 0 Å². The zero-order valence-corrected chi connectivity index (χ0v) is 11.7. The number of nitrogens with zero attached hydrogens (tertiary/aromatic N) is 1. The van der Waals surface area contributed by atoms with Gasteiger partial charge in [0, 0.05) is 24.0 Å². The van der Waals surface area contributed by atoms with E-state index in [2.05, 4.69) is 20.7 Å². The lowest BCUT2D eigenvalue weighted by molar-refractivity contribution is -0.0499. The van der Waals surface area contributed by atoms with Gasteiger partial charge in [-0.1, -0.05) is 22.0 Å². The minimum Gasteiger partial charge on any atom is -0.435 e. The first-order chi connectivity index (χ1) is 8.45. The quantitative estimate of drug-likeness (QED) is 0.780. The number of hydrogen-bond donors (Lipinski definition) is 0. The van der Waals surface area contributed by atoms with Gasteiger partial charge in [0.15, 0.2) is 0 Å². The number of halogens is 3. The number of carbonyl (C=O) groups is 1. The summed E-state index contributed by atoms with van der Waals surface area (Å²) in [5, 5.41) is 0.641. The van der Waals surface area contributed by atoms with Crippen LogP contribution in [0.3, 0.4) is 0 Å². The van der Waals surface area contributed by atoms with E-state index in [0.29, 0.717) is 10.9 Å². The van der Waals surface area contributed by atoms with E-state index in [9.17, 15) is 13.6 Å². The molecule has 1 aromatic carbocycles. The number of hydrogen-bond acceptors (Lipinski definition) is 2. The summed E-state index contributed by atoms with van der Waals surface area (Å²) in [6, 6.07) is 5.79. The lowest BCUT2D eigenvalue weighted by atomic mass is 10.1. The van der Waals surface area contributed by atoms with Crippen molar-refractivity contribution in [3.63, 3.8) is 0 Å². The Morgan fingerprint density at radius 3 is 2.72 bits per heavy atom. The van der Waals surface area contributed by atoms with Crippen molar-refractivity contribution in [2.75, 3.05) is 12.4 Å². The van der Waals surface area contributed by atoms with Crippen LogP contribution in [-0.2, 0) is 0 Å². The van der Waals surface area contributed by atoms with Crippen LogP contribution in [0.4, 0.5) is 8.78 Å². The highest BCUT2D eigenvalue weighted by Gasteiger charge is 2.17. The summed E-state index contributed by atoms with van der Waals surface area (Å²) >= 11 is 3.29. The predicted octanol–water partition coefficient (Wildman–Crippen LogP) is 3.14. The Morgan fingerprint density at radius 2 is 2.17 bits per heavy atom. The van der Waals surface area contributed by atoms with Gasteiger partial charge in [-0.15, -0.1) is 0 Å². The summed E-state index contributed by atoms with van der Waals surface area (Å²) in [7, 11) is 1.66. The lowest BCUT2D eigenvalue weighted by Gasteiger charge is -2.23. The second kappa shape index (κ2) is 6.68. The van der Waals surface area contributed by atoms with Gasteiger partial charge in [-0.2, -0.15) is 8.78 Å². The molecule has 1 atom stereocenters. The van der Waals surface area contributed by atoms with E-state index in [-0.39, 0.29) is 17.7 Å². The van der Waals surface area contributed by atoms with E-state index in [0.717, 1.165) is 0 Å². The lowest BCUT2D eigenvalue weighted by Crippen LogP contribution is -2.36. The molecule has 1 aromatic rings. The number of ether oxygens (including phenoxy) is 1. The summed E-state index contributed by atoms with van der Waals surface area (Å²) in [6.07, 6.45) is 0. The zero-order chi connectivity index (χ0) is 13.7. The smallest absolute Gasteiger partial charge is 0.387 e. The molecule has 0 aliphatic heterocycles. The van der Waals surface area contributed by atoms with E-state index < -0.39 is 6.61 Å². The minimum atomic E-state index is -2.89. The molecule has 0 saturated carbocycles. The molecule has 0 fully saturated rings. The molecule has 0 aliphatic carbocycles. The van der Waals surface area contributed by atoms with Crippen molar-refractivity contribution >= 4 is 21.8 Å². The van der Waals surface area contributed by atoms with Crippen molar-refractivity contribution < 1.29 is 18.3 Å². The molecule has 1 amide bonds. The highest BCUT2D eigenvalue weighted by molar-refractivity contribution is 9.09. The molecule has 1 rings (SSSR count). The van der Waals surface area contributed by atoms with Gasteiger partial charge in [0.2, 0.25) is 0 Å². The maximum atomic E-state index is 12.1. The summed E-state index contributed by atoms with van der Waals surface area (Å²) < 4.78 is 28.4. The Balaban J connectivity index is 2.86. The molecular formula is C12H14BrF2NO2. The second-order valence-corrected chi connectivity index (χ2v) is 4.47. The van der Waals surface area contributed by atoms with Crippen LogP contribution in [-0.4, -0.2) is 35.8 Å². The molecule has 0 N–H and O–H groups in total. The molecule has 0 aromatic heterocycles. The van der Waals surface area contributed by atoms with E-state index in [1.807, 2.05) is 6.92 Å². The van der Waals surface area contributed by atoms with Gasteiger partial charge >= 0.3 is 6.61 Å². The molecular weight excluding hydrogens is 308 g/mol. The molecule has 3 nitrogen and oxygen atoms in total. The maximum absolute atomic E-state index is 12.1. The number of carbonyl (C=O) groups excluding carboxylic acids is 1. The topological polar surface area (TPSA) is 29.5 Å². The fourth-order valence-corrected chi connectivity index (χ4v) is 1.75. The summed E-state index contributed by atoms with van der Waals surface area (Å²) in [5.41, 5.74) is 0.323. The monoisotopic (exact) mass is 321 g/mol. The Morgan fingerprint density at radius 1 is 1.50 bits per heavy atom. The Hall–Kier alpha value is -1.17. The van der Waals surface area contributed by atoms with Crippen LogP contribution in [0.15, 0.2) is 24.3 Å². The standard InChI is InChI=1S/C12H14BrF2NO2/c1-8(7-13)16(2)11(17)9-4-3-5-10(6-9)18-12(14)15/h3-6,8,12H,7H2,1-2H3. The van der Waals surface area contributed by atoms with E-state index in [1.54, 1.807) is 13.1 Å². The first kappa shape index (κ1) is 14.9. The van der Waals surface area contributed by atoms with Crippen molar-refractivity contribution in [3.8, 4) is 5.75 Å². The maximum Gasteiger partial charge on any atom is 0.387 e. The summed E-state index contributed by atoms with van der Waals surface area (Å²) in [4.78, 5) is 13.6. The van der Waals surface area contributed by atoms with Crippen LogP contribution in [0, 0.1) is 0 Å². The highest BCUT2D eigenvalue weighted by atomic mass is 79.9. The Labute approximate surface area is 113 Å². The first-order valence-corrected chi connectivity index (χ1v) is 6.46. The van der Waals surface area contributed by atoms with Gasteiger partial charge in [0.25, 0.3) is 5.91 Å². The minimum absolute atomic E-state index is 0.0113. The predicted molar refractivity (Wildman–Crippen MR) is 68.4 cm³/mol. The number of amides is 1. The zero-order valence-electron chi connectivity index (χ0n) is 10.1.